The normalized spacial score (nSPS) is 11.3. The summed E-state index contributed by atoms with van der Waals surface area (Å²) in [6, 6.07) is 49.1. The predicted octanol–water partition coefficient (Wildman–Crippen LogP) is 11.4. The smallest absolute Gasteiger partial charge is 0.211 e. The summed E-state index contributed by atoms with van der Waals surface area (Å²) in [6.07, 6.45) is 0. The highest BCUT2D eigenvalue weighted by Gasteiger charge is 2.21. The van der Waals surface area contributed by atoms with E-state index < -0.39 is 0 Å². The number of benzene rings is 6. The number of hydrogen-bond acceptors (Lipinski definition) is 4. The Labute approximate surface area is 280 Å². The zero-order valence-electron chi connectivity index (χ0n) is 25.4. The highest BCUT2D eigenvalue weighted by molar-refractivity contribution is 7.25. The zero-order valence-corrected chi connectivity index (χ0v) is 26.2. The van der Waals surface area contributed by atoms with Gasteiger partial charge in [-0.15, -0.1) is 11.3 Å². The molecule has 3 heterocycles. The molecule has 0 unspecified atom stereocenters. The molecule has 0 aliphatic heterocycles. The van der Waals surface area contributed by atoms with E-state index in [4.69, 9.17) is 16.5 Å². The molecule has 0 radical (unpaired) electrons. The first-order valence-electron chi connectivity index (χ1n) is 15.5. The van der Waals surface area contributed by atoms with Crippen molar-refractivity contribution in [2.75, 3.05) is 0 Å². The van der Waals surface area contributed by atoms with Gasteiger partial charge in [-0.1, -0.05) is 103 Å². The molecule has 0 fully saturated rings. The van der Waals surface area contributed by atoms with Gasteiger partial charge in [-0.2, -0.15) is 5.26 Å². The Bertz CT molecular complexity index is 2800. The number of para-hydroxylation sites is 1. The summed E-state index contributed by atoms with van der Waals surface area (Å²) in [6.45, 7) is 8.33. The van der Waals surface area contributed by atoms with E-state index in [0.717, 1.165) is 38.6 Å². The van der Waals surface area contributed by atoms with Crippen molar-refractivity contribution in [2.24, 2.45) is 0 Å². The van der Waals surface area contributed by atoms with E-state index in [9.17, 15) is 5.26 Å². The van der Waals surface area contributed by atoms with Crippen LogP contribution in [0.2, 0.25) is 0 Å². The molecule has 0 saturated heterocycles. The molecular formula is C42H23N5S. The van der Waals surface area contributed by atoms with Crippen LogP contribution in [0.1, 0.15) is 5.56 Å². The molecule has 0 bridgehead atoms. The van der Waals surface area contributed by atoms with Gasteiger partial charge in [0.25, 0.3) is 0 Å². The first kappa shape index (κ1) is 27.7. The van der Waals surface area contributed by atoms with Gasteiger partial charge in [-0.05, 0) is 42.0 Å². The molecule has 0 atom stereocenters. The molecule has 0 saturated carbocycles. The largest absolute Gasteiger partial charge is 0.319 e. The summed E-state index contributed by atoms with van der Waals surface area (Å²) >= 11 is 1.78. The van der Waals surface area contributed by atoms with E-state index in [1.54, 1.807) is 11.3 Å². The molecule has 6 aromatic carbocycles. The third-order valence-corrected chi connectivity index (χ3v) is 10.0. The van der Waals surface area contributed by atoms with Crippen LogP contribution in [0.5, 0.6) is 0 Å². The summed E-state index contributed by atoms with van der Waals surface area (Å²) < 4.78 is 4.65. The van der Waals surface area contributed by atoms with Crippen LogP contribution >= 0.6 is 11.3 Å². The molecule has 48 heavy (non-hydrogen) atoms. The van der Waals surface area contributed by atoms with Crippen LogP contribution in [0.25, 0.3) is 86.4 Å². The predicted molar refractivity (Wildman–Crippen MR) is 197 cm³/mol. The minimum Gasteiger partial charge on any atom is -0.319 e. The van der Waals surface area contributed by atoms with Gasteiger partial charge in [-0.3, -0.25) is 0 Å². The molecule has 222 valence electrons. The van der Waals surface area contributed by atoms with E-state index in [1.165, 1.54) is 20.2 Å². The summed E-state index contributed by atoms with van der Waals surface area (Å²) in [5.41, 5.74) is 7.11. The van der Waals surface area contributed by atoms with E-state index in [-0.39, 0.29) is 0 Å². The highest BCUT2D eigenvalue weighted by Crippen LogP contribution is 2.43. The Morgan fingerprint density at radius 1 is 0.583 bits per heavy atom. The summed E-state index contributed by atoms with van der Waals surface area (Å²) in [7, 11) is 0. The standard InChI is InChI=1S/C42H23N5S/c1-44-34-22-28(41-33(25-43)40(26-12-4-2-5-13-26)45-42(46-41)27-14-6-3-7-15-27)20-21-36(34)47-35-18-10-8-16-29(35)31-23-32-30-17-9-11-19-38(30)48-39(32)24-37(31)47/h2-24H. The van der Waals surface area contributed by atoms with Crippen LogP contribution in [-0.4, -0.2) is 14.5 Å². The molecule has 3 aromatic heterocycles. The van der Waals surface area contributed by atoms with Crippen molar-refractivity contribution in [1.29, 1.82) is 5.26 Å². The fourth-order valence-electron chi connectivity index (χ4n) is 6.69. The molecule has 0 N–H and O–H groups in total. The molecule has 0 aliphatic rings. The molecule has 6 heteroatoms. The van der Waals surface area contributed by atoms with Gasteiger partial charge in [0.1, 0.15) is 11.6 Å². The van der Waals surface area contributed by atoms with E-state index in [0.29, 0.717) is 34.0 Å². The summed E-state index contributed by atoms with van der Waals surface area (Å²) in [5.74, 6) is 0.520. The van der Waals surface area contributed by atoms with Crippen molar-refractivity contribution in [3.8, 4) is 45.7 Å². The van der Waals surface area contributed by atoms with Gasteiger partial charge >= 0.3 is 0 Å². The SMILES string of the molecule is [C-]#[N+]c1cc(-c2nc(-c3ccccc3)nc(-c3ccccc3)c2C#N)ccc1-n1c2ccccc2c2cc3c(cc21)sc1ccccc13. The second-order valence-corrected chi connectivity index (χ2v) is 12.7. The van der Waals surface area contributed by atoms with Crippen molar-refractivity contribution < 1.29 is 0 Å². The van der Waals surface area contributed by atoms with Gasteiger partial charge in [0.05, 0.1) is 34.7 Å². The van der Waals surface area contributed by atoms with E-state index in [2.05, 4.69) is 70.1 Å². The molecule has 5 nitrogen and oxygen atoms in total. The molecular weight excluding hydrogens is 607 g/mol. The summed E-state index contributed by atoms with van der Waals surface area (Å²) in [5, 5.41) is 15.3. The second kappa shape index (κ2) is 11.0. The second-order valence-electron chi connectivity index (χ2n) is 11.6. The number of aromatic nitrogens is 3. The van der Waals surface area contributed by atoms with Crippen LogP contribution in [0.15, 0.2) is 140 Å². The number of rotatable bonds is 4. The first-order chi connectivity index (χ1) is 23.7. The Kier molecular flexibility index (Phi) is 6.36. The fraction of sp³-hybridized carbons (Fsp3) is 0. The topological polar surface area (TPSA) is 58.9 Å². The van der Waals surface area contributed by atoms with Crippen molar-refractivity contribution in [3.05, 3.63) is 157 Å². The lowest BCUT2D eigenvalue weighted by atomic mass is 9.99. The maximum Gasteiger partial charge on any atom is 0.211 e. The molecule has 9 rings (SSSR count). The van der Waals surface area contributed by atoms with Gasteiger partial charge in [0, 0.05) is 42.1 Å². The summed E-state index contributed by atoms with van der Waals surface area (Å²) in [4.78, 5) is 13.9. The average molecular weight is 630 g/mol. The van der Waals surface area contributed by atoms with E-state index in [1.807, 2.05) is 84.9 Å². The molecule has 0 spiro atoms. The van der Waals surface area contributed by atoms with Crippen molar-refractivity contribution >= 4 is 59.0 Å². The zero-order chi connectivity index (χ0) is 32.2. The highest BCUT2D eigenvalue weighted by atomic mass is 32.1. The van der Waals surface area contributed by atoms with Gasteiger partial charge in [0.2, 0.25) is 5.69 Å². The lowest BCUT2D eigenvalue weighted by Gasteiger charge is -2.15. The quantitative estimate of drug-likeness (QED) is 0.182. The van der Waals surface area contributed by atoms with Crippen LogP contribution in [0, 0.1) is 17.9 Å². The van der Waals surface area contributed by atoms with Gasteiger partial charge in [0.15, 0.2) is 5.82 Å². The first-order valence-corrected chi connectivity index (χ1v) is 16.3. The Balaban J connectivity index is 1.29. The van der Waals surface area contributed by atoms with Crippen LogP contribution in [-0.2, 0) is 0 Å². The van der Waals surface area contributed by atoms with Crippen LogP contribution in [0.4, 0.5) is 5.69 Å². The molecule has 9 aromatic rings. The lowest BCUT2D eigenvalue weighted by Crippen LogP contribution is -2.01. The molecule has 0 aliphatic carbocycles. The minimum atomic E-state index is 0.369. The van der Waals surface area contributed by atoms with Crippen LogP contribution < -0.4 is 0 Å². The van der Waals surface area contributed by atoms with Gasteiger partial charge < -0.3 is 4.57 Å². The maximum absolute atomic E-state index is 10.5. The number of nitrogens with zero attached hydrogens (tertiary/aromatic N) is 5. The van der Waals surface area contributed by atoms with E-state index >= 15 is 0 Å². The lowest BCUT2D eigenvalue weighted by molar-refractivity contribution is 1.16. The Morgan fingerprint density at radius 3 is 2.00 bits per heavy atom. The number of nitriles is 1. The van der Waals surface area contributed by atoms with Crippen LogP contribution in [0.3, 0.4) is 0 Å². The van der Waals surface area contributed by atoms with Crippen molar-refractivity contribution in [3.63, 3.8) is 0 Å². The third-order valence-electron chi connectivity index (χ3n) is 8.88. The van der Waals surface area contributed by atoms with Gasteiger partial charge in [-0.25, -0.2) is 14.8 Å². The average Bonchev–Trinajstić information content (AvgIpc) is 3.68. The number of hydrogen-bond donors (Lipinski definition) is 0. The fourth-order valence-corrected chi connectivity index (χ4v) is 7.81. The van der Waals surface area contributed by atoms with Crippen molar-refractivity contribution in [1.82, 2.24) is 14.5 Å². The Morgan fingerprint density at radius 2 is 1.25 bits per heavy atom. The van der Waals surface area contributed by atoms with Crippen molar-refractivity contribution in [2.45, 2.75) is 0 Å². The number of fused-ring (bicyclic) bond motifs is 6. The third kappa shape index (κ3) is 4.29. The number of thiophene rings is 1. The minimum absolute atomic E-state index is 0.369. The maximum atomic E-state index is 10.5. The molecule has 0 amide bonds. The Hall–Kier alpha value is -6.60. The monoisotopic (exact) mass is 629 g/mol.